The van der Waals surface area contributed by atoms with E-state index in [4.69, 9.17) is 10.7 Å². The molecule has 0 atom stereocenters. The van der Waals surface area contributed by atoms with Gasteiger partial charge >= 0.3 is 0 Å². The van der Waals surface area contributed by atoms with Crippen molar-refractivity contribution in [3.05, 3.63) is 6.26 Å². The van der Waals surface area contributed by atoms with Gasteiger partial charge in [-0.3, -0.25) is 0 Å². The van der Waals surface area contributed by atoms with E-state index >= 15 is 0 Å². The summed E-state index contributed by atoms with van der Waals surface area (Å²) in [6.45, 7) is 7.33. The fraction of sp³-hybridized carbons (Fsp3) is 0.833. The van der Waals surface area contributed by atoms with Crippen molar-refractivity contribution in [2.75, 3.05) is 12.4 Å². The monoisotopic (exact) mass is 162 g/mol. The molecule has 0 fully saturated rings. The molecule has 0 aromatic rings. The lowest BCUT2D eigenvalue weighted by atomic mass is 10.9. The molecule has 0 unspecified atom stereocenters. The molecule has 0 bridgehead atoms. The average Bonchev–Trinajstić information content (AvgIpc) is 1.63. The van der Waals surface area contributed by atoms with Crippen molar-refractivity contribution >= 4 is 20.1 Å². The van der Waals surface area contributed by atoms with Gasteiger partial charge in [0.05, 0.1) is 0 Å². The molecule has 0 amide bonds. The Hall–Kier alpha value is 0.527. The number of rotatable bonds is 4. The Labute approximate surface area is 63.3 Å². The number of thioether (sulfide) groups is 1. The van der Waals surface area contributed by atoms with E-state index in [0.29, 0.717) is 0 Å². The van der Waals surface area contributed by atoms with Gasteiger partial charge in [0.1, 0.15) is 0 Å². The molecule has 0 aliphatic heterocycles. The van der Waals surface area contributed by atoms with Gasteiger partial charge in [0, 0.05) is 18.6 Å². The molecule has 0 saturated heterocycles. The summed E-state index contributed by atoms with van der Waals surface area (Å²) in [5.41, 5.74) is 0. The Morgan fingerprint density at radius 1 is 1.44 bits per heavy atom. The van der Waals surface area contributed by atoms with Crippen molar-refractivity contribution in [1.29, 1.82) is 0 Å². The highest BCUT2D eigenvalue weighted by atomic mass is 32.2. The second-order valence-electron chi connectivity index (χ2n) is 2.83. The minimum atomic E-state index is -1.26. The lowest BCUT2D eigenvalue weighted by Crippen LogP contribution is -2.26. The molecule has 54 valence electrons. The van der Waals surface area contributed by atoms with Crippen molar-refractivity contribution in [3.63, 3.8) is 0 Å². The summed E-state index contributed by atoms with van der Waals surface area (Å²) >= 11 is 1.34. The van der Waals surface area contributed by atoms with Gasteiger partial charge in [-0.15, -0.1) is 0 Å². The van der Waals surface area contributed by atoms with E-state index in [1.807, 2.05) is 0 Å². The van der Waals surface area contributed by atoms with Crippen molar-refractivity contribution in [2.24, 2.45) is 0 Å². The lowest BCUT2D eigenvalue weighted by Gasteiger charge is -2.15. The molecule has 0 spiro atoms. The fourth-order valence-corrected chi connectivity index (χ4v) is 1.44. The summed E-state index contributed by atoms with van der Waals surface area (Å²) in [5.74, 6) is 0.907. The van der Waals surface area contributed by atoms with E-state index < -0.39 is 8.32 Å². The van der Waals surface area contributed by atoms with E-state index in [1.54, 1.807) is 0 Å². The maximum absolute atomic E-state index is 5.51. The standard InChI is InChI=1S/C6H14OSSi/c1-8-6-5-7-9(2,3)4/h1H,5-6H2,2-4H3. The third-order valence-electron chi connectivity index (χ3n) is 0.736. The molecule has 2 radical (unpaired) electrons. The zero-order valence-electron chi connectivity index (χ0n) is 6.31. The largest absolute Gasteiger partial charge is 0.417 e. The van der Waals surface area contributed by atoms with Crippen LogP contribution in [0, 0.1) is 6.26 Å². The minimum Gasteiger partial charge on any atom is -0.417 e. The van der Waals surface area contributed by atoms with Gasteiger partial charge < -0.3 is 4.43 Å². The summed E-state index contributed by atoms with van der Waals surface area (Å²) in [6, 6.07) is 0. The van der Waals surface area contributed by atoms with E-state index in [2.05, 4.69) is 19.6 Å². The van der Waals surface area contributed by atoms with Crippen LogP contribution in [0.1, 0.15) is 0 Å². The first-order valence-electron chi connectivity index (χ1n) is 3.02. The molecule has 0 aliphatic carbocycles. The van der Waals surface area contributed by atoms with Crippen molar-refractivity contribution in [3.8, 4) is 0 Å². The molecule has 3 heteroatoms. The molecule has 1 nitrogen and oxygen atoms in total. The van der Waals surface area contributed by atoms with Crippen LogP contribution in [0.15, 0.2) is 0 Å². The van der Waals surface area contributed by atoms with Crippen molar-refractivity contribution < 1.29 is 4.43 Å². The Balaban J connectivity index is 3.07. The van der Waals surface area contributed by atoms with Crippen LogP contribution in [0.4, 0.5) is 0 Å². The van der Waals surface area contributed by atoms with Crippen molar-refractivity contribution in [2.45, 2.75) is 19.6 Å². The Morgan fingerprint density at radius 2 is 2.00 bits per heavy atom. The van der Waals surface area contributed by atoms with Gasteiger partial charge in [-0.1, -0.05) is 0 Å². The Morgan fingerprint density at radius 3 is 2.33 bits per heavy atom. The Kier molecular flexibility index (Phi) is 4.61. The van der Waals surface area contributed by atoms with Crippen LogP contribution in [-0.4, -0.2) is 20.7 Å². The molecule has 0 rings (SSSR count). The third kappa shape index (κ3) is 8.53. The smallest absolute Gasteiger partial charge is 0.183 e. The van der Waals surface area contributed by atoms with Crippen LogP contribution in [0.5, 0.6) is 0 Å². The molecular formula is C6H14OSSi. The van der Waals surface area contributed by atoms with Gasteiger partial charge in [0.25, 0.3) is 0 Å². The van der Waals surface area contributed by atoms with Crippen molar-refractivity contribution in [1.82, 2.24) is 0 Å². The predicted octanol–water partition coefficient (Wildman–Crippen LogP) is 2.24. The lowest BCUT2D eigenvalue weighted by molar-refractivity contribution is 0.338. The highest BCUT2D eigenvalue weighted by molar-refractivity contribution is 8.00. The van der Waals surface area contributed by atoms with E-state index in [1.165, 1.54) is 11.8 Å². The molecule has 9 heavy (non-hydrogen) atoms. The zero-order chi connectivity index (χ0) is 7.33. The summed E-state index contributed by atoms with van der Waals surface area (Å²) < 4.78 is 5.51. The minimum absolute atomic E-state index is 0.802. The van der Waals surface area contributed by atoms with E-state index in [-0.39, 0.29) is 0 Å². The second kappa shape index (κ2) is 4.36. The SMILES string of the molecule is [CH]SCCO[Si](C)(C)C. The molecule has 0 heterocycles. The highest BCUT2D eigenvalue weighted by Gasteiger charge is 2.12. The third-order valence-corrected chi connectivity index (χ3v) is 2.21. The summed E-state index contributed by atoms with van der Waals surface area (Å²) in [7, 11) is -1.26. The van der Waals surface area contributed by atoms with Crippen LogP contribution >= 0.6 is 11.8 Å². The average molecular weight is 162 g/mol. The van der Waals surface area contributed by atoms with Gasteiger partial charge in [0.2, 0.25) is 0 Å². The molecule has 0 aromatic carbocycles. The molecular weight excluding hydrogens is 148 g/mol. The van der Waals surface area contributed by atoms with Crippen LogP contribution in [0.2, 0.25) is 19.6 Å². The fourth-order valence-electron chi connectivity index (χ4n) is 0.396. The first-order chi connectivity index (χ1) is 4.06. The van der Waals surface area contributed by atoms with E-state index in [9.17, 15) is 0 Å². The Bertz CT molecular complexity index is 69.9. The van der Waals surface area contributed by atoms with Gasteiger partial charge in [-0.25, -0.2) is 0 Å². The molecule has 0 aliphatic rings. The first-order valence-corrected chi connectivity index (χ1v) is 7.47. The number of hydrogen-bond donors (Lipinski definition) is 0. The normalized spacial score (nSPS) is 12.0. The maximum Gasteiger partial charge on any atom is 0.183 e. The first kappa shape index (κ1) is 9.53. The second-order valence-corrected chi connectivity index (χ2v) is 8.09. The molecule has 0 aromatic heterocycles. The topological polar surface area (TPSA) is 9.23 Å². The van der Waals surface area contributed by atoms with Gasteiger partial charge in [-0.05, 0) is 19.6 Å². The summed E-state index contributed by atoms with van der Waals surface area (Å²) in [4.78, 5) is 0. The quantitative estimate of drug-likeness (QED) is 0.463. The zero-order valence-corrected chi connectivity index (χ0v) is 8.12. The number of hydrogen-bond acceptors (Lipinski definition) is 2. The van der Waals surface area contributed by atoms with Gasteiger partial charge in [-0.2, -0.15) is 11.8 Å². The molecule has 0 N–H and O–H groups in total. The highest BCUT2D eigenvalue weighted by Crippen LogP contribution is 2.03. The maximum atomic E-state index is 5.51. The predicted molar refractivity (Wildman–Crippen MR) is 46.1 cm³/mol. The van der Waals surface area contributed by atoms with Crippen LogP contribution in [-0.2, 0) is 4.43 Å². The van der Waals surface area contributed by atoms with Crippen LogP contribution in [0.3, 0.4) is 0 Å². The summed E-state index contributed by atoms with van der Waals surface area (Å²) in [5, 5.41) is 0. The summed E-state index contributed by atoms with van der Waals surface area (Å²) in [6.07, 6.45) is 5.21. The van der Waals surface area contributed by atoms with Crippen LogP contribution in [0.25, 0.3) is 0 Å². The molecule has 0 saturated carbocycles. The van der Waals surface area contributed by atoms with Gasteiger partial charge in [0.15, 0.2) is 8.32 Å². The van der Waals surface area contributed by atoms with E-state index in [0.717, 1.165) is 12.4 Å². The van der Waals surface area contributed by atoms with Crippen LogP contribution < -0.4 is 0 Å².